The summed E-state index contributed by atoms with van der Waals surface area (Å²) in [6.07, 6.45) is 2.27. The molecule has 232 valence electrons. The predicted molar refractivity (Wildman–Crippen MR) is 187 cm³/mol. The van der Waals surface area contributed by atoms with Crippen molar-refractivity contribution in [3.05, 3.63) is 150 Å². The molecule has 0 aliphatic carbocycles. The molecule has 7 nitrogen and oxygen atoms in total. The monoisotopic (exact) mass is 637 g/mol. The topological polar surface area (TPSA) is 108 Å². The van der Waals surface area contributed by atoms with Gasteiger partial charge in [-0.1, -0.05) is 97.1 Å². The van der Waals surface area contributed by atoms with Crippen molar-refractivity contribution in [2.45, 2.75) is 18.2 Å². The lowest BCUT2D eigenvalue weighted by atomic mass is 9.96. The molecule has 0 aliphatic rings. The average molecular weight is 638 g/mol. The van der Waals surface area contributed by atoms with E-state index in [0.717, 1.165) is 50.1 Å². The van der Waals surface area contributed by atoms with E-state index in [1.54, 1.807) is 24.5 Å². The standard InChI is InChI=1S/C39H31N3O4S/c43-38(30-18-19-32-33(21-30)41-24-40-32)42-34(39(44)45)23-47-22-26-10-12-27(13-11-26)28-14-16-29(17-15-28)37-31-8-4-5-9-35(31)46-36(37)20-25-6-2-1-3-7-25/h1-19,21,24,34H,20,22-23H2,(H,40,41)(H,42,43)(H,44,45)/t34-/m0/s1. The highest BCUT2D eigenvalue weighted by molar-refractivity contribution is 7.98. The molecule has 0 spiro atoms. The van der Waals surface area contributed by atoms with Gasteiger partial charge in [-0.2, -0.15) is 11.8 Å². The lowest BCUT2D eigenvalue weighted by Gasteiger charge is -2.14. The van der Waals surface area contributed by atoms with Crippen LogP contribution >= 0.6 is 11.8 Å². The largest absolute Gasteiger partial charge is 0.480 e. The van der Waals surface area contributed by atoms with Crippen LogP contribution in [0.25, 0.3) is 44.3 Å². The number of rotatable bonds is 11. The quantitative estimate of drug-likeness (QED) is 0.132. The van der Waals surface area contributed by atoms with Gasteiger partial charge < -0.3 is 19.8 Å². The summed E-state index contributed by atoms with van der Waals surface area (Å²) in [5.41, 5.74) is 9.43. The first kappa shape index (κ1) is 30.1. The highest BCUT2D eigenvalue weighted by Crippen LogP contribution is 2.37. The normalized spacial score (nSPS) is 11.9. The SMILES string of the molecule is O=C(N[C@@H](CSCc1ccc(-c2ccc(-c3c(Cc4ccccc4)oc4ccccc34)cc2)cc1)C(=O)O)c1ccc2[nH]cnc2c1. The van der Waals surface area contributed by atoms with E-state index in [1.165, 1.54) is 17.3 Å². The zero-order valence-electron chi connectivity index (χ0n) is 25.4. The summed E-state index contributed by atoms with van der Waals surface area (Å²) in [4.78, 5) is 31.8. The highest BCUT2D eigenvalue weighted by atomic mass is 32.2. The number of thioether (sulfide) groups is 1. The minimum absolute atomic E-state index is 0.240. The summed E-state index contributed by atoms with van der Waals surface area (Å²) in [6.45, 7) is 0. The number of para-hydroxylation sites is 1. The van der Waals surface area contributed by atoms with Crippen LogP contribution in [0.3, 0.4) is 0 Å². The molecule has 3 N–H and O–H groups in total. The van der Waals surface area contributed by atoms with Crippen LogP contribution in [0.5, 0.6) is 0 Å². The molecule has 0 saturated carbocycles. The number of carboxylic acids is 1. The van der Waals surface area contributed by atoms with Crippen molar-refractivity contribution in [3.8, 4) is 22.3 Å². The molecular weight excluding hydrogens is 607 g/mol. The van der Waals surface area contributed by atoms with E-state index >= 15 is 0 Å². The van der Waals surface area contributed by atoms with Gasteiger partial charge in [-0.3, -0.25) is 4.79 Å². The number of carboxylic acid groups (broad SMARTS) is 1. The number of H-pyrrole nitrogens is 1. The first-order chi connectivity index (χ1) is 23.0. The highest BCUT2D eigenvalue weighted by Gasteiger charge is 2.21. The molecule has 2 heterocycles. The Balaban J connectivity index is 0.996. The minimum atomic E-state index is -1.07. The summed E-state index contributed by atoms with van der Waals surface area (Å²) in [7, 11) is 0. The van der Waals surface area contributed by atoms with E-state index in [1.807, 2.05) is 24.3 Å². The summed E-state index contributed by atoms with van der Waals surface area (Å²) < 4.78 is 6.34. The molecule has 1 amide bonds. The zero-order chi connectivity index (χ0) is 32.2. The lowest BCUT2D eigenvalue weighted by Crippen LogP contribution is -2.42. The fourth-order valence-corrected chi connectivity index (χ4v) is 6.73. The van der Waals surface area contributed by atoms with Crippen molar-refractivity contribution in [1.82, 2.24) is 15.3 Å². The lowest BCUT2D eigenvalue weighted by molar-refractivity contribution is -0.138. The molecule has 0 fully saturated rings. The third kappa shape index (κ3) is 6.68. The molecular formula is C39H31N3O4S. The Morgan fingerprint density at radius 3 is 2.28 bits per heavy atom. The number of aromatic nitrogens is 2. The summed E-state index contributed by atoms with van der Waals surface area (Å²) >= 11 is 1.47. The fraction of sp³-hybridized carbons (Fsp3) is 0.103. The van der Waals surface area contributed by atoms with Crippen LogP contribution in [-0.2, 0) is 17.0 Å². The van der Waals surface area contributed by atoms with Crippen molar-refractivity contribution in [3.63, 3.8) is 0 Å². The third-order valence-corrected chi connectivity index (χ3v) is 9.28. The second kappa shape index (κ2) is 13.4. The van der Waals surface area contributed by atoms with Gasteiger partial charge in [0.05, 0.1) is 17.4 Å². The van der Waals surface area contributed by atoms with Crippen molar-refractivity contribution in [2.75, 3.05) is 5.75 Å². The van der Waals surface area contributed by atoms with E-state index in [4.69, 9.17) is 4.42 Å². The number of nitrogens with zero attached hydrogens (tertiary/aromatic N) is 1. The van der Waals surface area contributed by atoms with Crippen molar-refractivity contribution < 1.29 is 19.1 Å². The number of aliphatic carboxylic acids is 1. The summed E-state index contributed by atoms with van der Waals surface area (Å²) in [6, 6.07) is 39.4. The summed E-state index contributed by atoms with van der Waals surface area (Å²) in [5, 5.41) is 13.5. The van der Waals surface area contributed by atoms with Crippen LogP contribution in [0.1, 0.15) is 27.2 Å². The number of hydrogen-bond donors (Lipinski definition) is 3. The van der Waals surface area contributed by atoms with Gasteiger partial charge in [-0.05, 0) is 52.1 Å². The van der Waals surface area contributed by atoms with Crippen LogP contribution in [0.4, 0.5) is 0 Å². The zero-order valence-corrected chi connectivity index (χ0v) is 26.2. The average Bonchev–Trinajstić information content (AvgIpc) is 3.72. The van der Waals surface area contributed by atoms with Gasteiger partial charge >= 0.3 is 5.97 Å². The second-order valence-electron chi connectivity index (χ2n) is 11.3. The maximum Gasteiger partial charge on any atom is 0.327 e. The van der Waals surface area contributed by atoms with Gasteiger partial charge in [0.15, 0.2) is 0 Å². The number of carbonyl (C=O) groups is 2. The van der Waals surface area contributed by atoms with Gasteiger partial charge in [0, 0.05) is 34.4 Å². The molecule has 7 rings (SSSR count). The fourth-order valence-electron chi connectivity index (χ4n) is 5.73. The Labute approximate surface area is 275 Å². The Kier molecular flexibility index (Phi) is 8.58. The number of aromatic amines is 1. The van der Waals surface area contributed by atoms with Gasteiger partial charge in [-0.15, -0.1) is 0 Å². The van der Waals surface area contributed by atoms with Gasteiger partial charge in [0.1, 0.15) is 17.4 Å². The number of imidazole rings is 1. The van der Waals surface area contributed by atoms with Crippen LogP contribution < -0.4 is 5.32 Å². The van der Waals surface area contributed by atoms with Crippen molar-refractivity contribution in [1.29, 1.82) is 0 Å². The van der Waals surface area contributed by atoms with Gasteiger partial charge in [0.25, 0.3) is 5.91 Å². The number of amides is 1. The van der Waals surface area contributed by atoms with Gasteiger partial charge in [-0.25, -0.2) is 9.78 Å². The Bertz CT molecular complexity index is 2170. The molecule has 0 saturated heterocycles. The van der Waals surface area contributed by atoms with Gasteiger partial charge in [0.2, 0.25) is 0 Å². The Morgan fingerprint density at radius 1 is 0.809 bits per heavy atom. The third-order valence-electron chi connectivity index (χ3n) is 8.18. The molecule has 47 heavy (non-hydrogen) atoms. The first-order valence-electron chi connectivity index (χ1n) is 15.3. The van der Waals surface area contributed by atoms with Crippen molar-refractivity contribution >= 4 is 45.6 Å². The number of carbonyl (C=O) groups excluding carboxylic acids is 1. The molecule has 2 aromatic heterocycles. The maximum absolute atomic E-state index is 12.7. The molecule has 7 aromatic rings. The first-order valence-corrected chi connectivity index (χ1v) is 16.5. The van der Waals surface area contributed by atoms with Crippen molar-refractivity contribution in [2.24, 2.45) is 0 Å². The van der Waals surface area contributed by atoms with Crippen LogP contribution in [-0.4, -0.2) is 38.7 Å². The smallest absolute Gasteiger partial charge is 0.327 e. The number of fused-ring (bicyclic) bond motifs is 2. The predicted octanol–water partition coefficient (Wildman–Crippen LogP) is 8.35. The number of hydrogen-bond acceptors (Lipinski definition) is 5. The van der Waals surface area contributed by atoms with E-state index in [-0.39, 0.29) is 5.75 Å². The molecule has 0 bridgehead atoms. The van der Waals surface area contributed by atoms with E-state index in [0.29, 0.717) is 23.3 Å². The van der Waals surface area contributed by atoms with E-state index in [9.17, 15) is 14.7 Å². The minimum Gasteiger partial charge on any atom is -0.480 e. The number of furan rings is 1. The van der Waals surface area contributed by atoms with E-state index in [2.05, 4.69) is 94.1 Å². The Hall–Kier alpha value is -5.60. The molecule has 0 radical (unpaired) electrons. The van der Waals surface area contributed by atoms with Crippen LogP contribution in [0.15, 0.2) is 132 Å². The van der Waals surface area contributed by atoms with E-state index < -0.39 is 17.9 Å². The molecule has 1 atom stereocenters. The molecule has 8 heteroatoms. The molecule has 0 unspecified atom stereocenters. The summed E-state index contributed by atoms with van der Waals surface area (Å²) in [5.74, 6) is 0.305. The Morgan fingerprint density at radius 2 is 1.51 bits per heavy atom. The molecule has 0 aliphatic heterocycles. The number of benzene rings is 5. The number of nitrogens with one attached hydrogen (secondary N) is 2. The van der Waals surface area contributed by atoms with Crippen LogP contribution in [0.2, 0.25) is 0 Å². The molecule has 5 aromatic carbocycles. The second-order valence-corrected chi connectivity index (χ2v) is 12.4. The maximum atomic E-state index is 12.7. The van der Waals surface area contributed by atoms with Crippen LogP contribution in [0, 0.1) is 0 Å².